The molecule has 3 N–H and O–H groups in total. The molecule has 5 aromatic rings. The van der Waals surface area contributed by atoms with Gasteiger partial charge in [0.15, 0.2) is 0 Å². The highest BCUT2D eigenvalue weighted by Gasteiger charge is 2.28. The average molecular weight is 564 g/mol. The number of fused-ring (bicyclic) bond motifs is 2. The molecule has 1 saturated heterocycles. The molecule has 1 atom stereocenters. The van der Waals surface area contributed by atoms with Crippen molar-refractivity contribution in [1.29, 1.82) is 0 Å². The van der Waals surface area contributed by atoms with E-state index in [2.05, 4.69) is 41.8 Å². The Balaban J connectivity index is 1.36. The summed E-state index contributed by atoms with van der Waals surface area (Å²) in [5.41, 5.74) is 14.7. The summed E-state index contributed by atoms with van der Waals surface area (Å²) in [6.07, 6.45) is 6.15. The van der Waals surface area contributed by atoms with Gasteiger partial charge in [-0.05, 0) is 73.4 Å². The van der Waals surface area contributed by atoms with Gasteiger partial charge < -0.3 is 25.0 Å². The minimum absolute atomic E-state index is 0.000123. The number of pyridine rings is 1. The van der Waals surface area contributed by atoms with Crippen molar-refractivity contribution in [2.24, 2.45) is 11.7 Å². The number of aliphatic hydroxyl groups excluding tert-OH is 1. The van der Waals surface area contributed by atoms with Crippen LogP contribution in [0.15, 0.2) is 60.8 Å². The summed E-state index contributed by atoms with van der Waals surface area (Å²) in [6, 6.07) is 18.6. The molecule has 1 amide bonds. The number of nitrogens with two attached hydrogens (primary N) is 1. The van der Waals surface area contributed by atoms with Gasteiger partial charge in [-0.3, -0.25) is 4.79 Å². The Morgan fingerprint density at radius 1 is 1.12 bits per heavy atom. The van der Waals surface area contributed by atoms with E-state index >= 15 is 0 Å². The number of benzene rings is 2. The number of aliphatic hydroxyl groups is 1. The molecule has 0 unspecified atom stereocenters. The second-order valence-corrected chi connectivity index (χ2v) is 11.9. The van der Waals surface area contributed by atoms with E-state index in [9.17, 15) is 9.90 Å². The monoisotopic (exact) mass is 563 g/mol. The fraction of sp³-hybridized carbons (Fsp3) is 0.353. The number of carbonyl (C=O) groups excluding carboxylic acids is 1. The summed E-state index contributed by atoms with van der Waals surface area (Å²) < 4.78 is 10.0. The van der Waals surface area contributed by atoms with Crippen molar-refractivity contribution < 1.29 is 14.6 Å². The number of hydrogen-bond acceptors (Lipinski definition) is 5. The van der Waals surface area contributed by atoms with Crippen LogP contribution in [0.4, 0.5) is 0 Å². The van der Waals surface area contributed by atoms with Crippen molar-refractivity contribution in [2.75, 3.05) is 20.2 Å². The number of aryl methyl sites for hydroxylation is 1. The fourth-order valence-corrected chi connectivity index (χ4v) is 6.49. The molecule has 0 radical (unpaired) electrons. The number of likely N-dealkylation sites (tertiary alicyclic amines) is 1. The van der Waals surface area contributed by atoms with Crippen molar-refractivity contribution in [1.82, 2.24) is 19.1 Å². The minimum Gasteiger partial charge on any atom is -0.494 e. The first-order chi connectivity index (χ1) is 20.4. The molecule has 8 nitrogen and oxygen atoms in total. The molecule has 0 bridgehead atoms. The third-order valence-electron chi connectivity index (χ3n) is 8.92. The van der Waals surface area contributed by atoms with E-state index in [1.807, 2.05) is 39.9 Å². The Morgan fingerprint density at radius 2 is 1.95 bits per heavy atom. The highest BCUT2D eigenvalue weighted by molar-refractivity contribution is 5.96. The largest absolute Gasteiger partial charge is 0.494 e. The average Bonchev–Trinajstić information content (AvgIpc) is 3.69. The van der Waals surface area contributed by atoms with E-state index in [0.717, 1.165) is 69.4 Å². The second kappa shape index (κ2) is 10.6. The maximum atomic E-state index is 13.5. The Kier molecular flexibility index (Phi) is 6.75. The smallest absolute Gasteiger partial charge is 0.255 e. The summed E-state index contributed by atoms with van der Waals surface area (Å²) in [6.45, 7) is 4.28. The highest BCUT2D eigenvalue weighted by atomic mass is 16.5. The van der Waals surface area contributed by atoms with Crippen LogP contribution in [0.2, 0.25) is 0 Å². The molecule has 1 aliphatic heterocycles. The summed E-state index contributed by atoms with van der Waals surface area (Å²) >= 11 is 0. The Labute approximate surface area is 245 Å². The predicted octanol–water partition coefficient (Wildman–Crippen LogP) is 5.41. The molecule has 0 spiro atoms. The van der Waals surface area contributed by atoms with Gasteiger partial charge in [0.05, 0.1) is 25.0 Å². The number of nitrogens with zero attached hydrogens (tertiary/aromatic N) is 4. The minimum atomic E-state index is -0.0430. The SMILES string of the molecule is COc1cc(C(=O)N2CCC[C@@H](N)C2)cn2nc(-c3cc4ccc(-c5ccccc5CO)cc4n3CC3CC3)c(C)c12. The van der Waals surface area contributed by atoms with Crippen molar-refractivity contribution in [3.05, 3.63) is 77.5 Å². The number of amides is 1. The molecule has 2 fully saturated rings. The second-order valence-electron chi connectivity index (χ2n) is 11.9. The van der Waals surface area contributed by atoms with E-state index in [1.165, 1.54) is 12.8 Å². The molecule has 2 aliphatic rings. The van der Waals surface area contributed by atoms with Gasteiger partial charge >= 0.3 is 0 Å². The molecule has 8 heteroatoms. The van der Waals surface area contributed by atoms with E-state index in [4.69, 9.17) is 15.6 Å². The standard InChI is InChI=1S/C34H37N5O3/c1-21-32(36-39-18-26(16-31(42-2)33(21)39)34(41)37-13-5-7-27(35)19-37)30-15-24-12-11-23(28-8-4-3-6-25(28)20-40)14-29(24)38(30)17-22-9-10-22/h3-4,6,8,11-12,14-16,18,22,27,40H,5,7,9-10,13,17,19-20,35H2,1-2H3/t27-/m1/s1. The molecule has 42 heavy (non-hydrogen) atoms. The van der Waals surface area contributed by atoms with E-state index in [0.29, 0.717) is 30.3 Å². The zero-order valence-electron chi connectivity index (χ0n) is 24.2. The van der Waals surface area contributed by atoms with Gasteiger partial charge in [0, 0.05) is 48.3 Å². The molecule has 216 valence electrons. The van der Waals surface area contributed by atoms with Crippen molar-refractivity contribution in [2.45, 2.75) is 51.8 Å². The molecule has 4 heterocycles. The van der Waals surface area contributed by atoms with Gasteiger partial charge in [0.1, 0.15) is 17.0 Å². The number of methoxy groups -OCH3 is 1. The number of aromatic nitrogens is 3. The van der Waals surface area contributed by atoms with Crippen LogP contribution >= 0.6 is 0 Å². The van der Waals surface area contributed by atoms with Gasteiger partial charge in [0.25, 0.3) is 5.91 Å². The van der Waals surface area contributed by atoms with Gasteiger partial charge in [-0.25, -0.2) is 4.52 Å². The van der Waals surface area contributed by atoms with E-state index < -0.39 is 0 Å². The Bertz CT molecular complexity index is 1820. The summed E-state index contributed by atoms with van der Waals surface area (Å²) in [5, 5.41) is 16.2. The van der Waals surface area contributed by atoms with Crippen molar-refractivity contribution in [3.63, 3.8) is 0 Å². The third kappa shape index (κ3) is 4.64. The van der Waals surface area contributed by atoms with Gasteiger partial charge in [-0.15, -0.1) is 0 Å². The van der Waals surface area contributed by atoms with Crippen LogP contribution in [0.5, 0.6) is 5.75 Å². The van der Waals surface area contributed by atoms with Crippen LogP contribution in [0.3, 0.4) is 0 Å². The molecule has 7 rings (SSSR count). The van der Waals surface area contributed by atoms with E-state index in [1.54, 1.807) is 7.11 Å². The first-order valence-electron chi connectivity index (χ1n) is 14.9. The van der Waals surface area contributed by atoms with Gasteiger partial charge in [-0.1, -0.05) is 36.4 Å². The molecule has 1 aliphatic carbocycles. The Morgan fingerprint density at radius 3 is 2.71 bits per heavy atom. The summed E-state index contributed by atoms with van der Waals surface area (Å²) in [4.78, 5) is 15.3. The van der Waals surface area contributed by atoms with Crippen LogP contribution in [-0.2, 0) is 13.2 Å². The van der Waals surface area contributed by atoms with Crippen molar-refractivity contribution in [3.8, 4) is 28.3 Å². The normalized spacial score (nSPS) is 17.3. The molecule has 1 saturated carbocycles. The number of piperidine rings is 1. The maximum Gasteiger partial charge on any atom is 0.255 e. The molecule has 3 aromatic heterocycles. The number of rotatable bonds is 7. The number of hydrogen-bond donors (Lipinski definition) is 2. The van der Waals surface area contributed by atoms with Crippen LogP contribution < -0.4 is 10.5 Å². The lowest BCUT2D eigenvalue weighted by molar-refractivity contribution is 0.0707. The lowest BCUT2D eigenvalue weighted by Gasteiger charge is -2.30. The predicted molar refractivity (Wildman–Crippen MR) is 165 cm³/mol. The lowest BCUT2D eigenvalue weighted by atomic mass is 9.99. The molecular weight excluding hydrogens is 526 g/mol. The first-order valence-corrected chi connectivity index (χ1v) is 14.9. The topological polar surface area (TPSA) is 98.0 Å². The third-order valence-corrected chi connectivity index (χ3v) is 8.92. The van der Waals surface area contributed by atoms with Crippen molar-refractivity contribution >= 4 is 22.3 Å². The van der Waals surface area contributed by atoms with Crippen LogP contribution in [0.1, 0.15) is 47.2 Å². The molecular formula is C34H37N5O3. The Hall–Kier alpha value is -4.14. The van der Waals surface area contributed by atoms with Crippen LogP contribution in [0, 0.1) is 12.8 Å². The summed E-state index contributed by atoms with van der Waals surface area (Å²) in [7, 11) is 1.64. The maximum absolute atomic E-state index is 13.5. The number of carbonyl (C=O) groups is 1. The zero-order chi connectivity index (χ0) is 29.0. The van der Waals surface area contributed by atoms with Gasteiger partial charge in [-0.2, -0.15) is 5.10 Å². The summed E-state index contributed by atoms with van der Waals surface area (Å²) in [5.74, 6) is 1.24. The van der Waals surface area contributed by atoms with Gasteiger partial charge in [0.2, 0.25) is 0 Å². The highest BCUT2D eigenvalue weighted by Crippen LogP contribution is 2.39. The quantitative estimate of drug-likeness (QED) is 0.276. The fourth-order valence-electron chi connectivity index (χ4n) is 6.49. The van der Waals surface area contributed by atoms with Crippen LogP contribution in [0.25, 0.3) is 38.9 Å². The number of ether oxygens (including phenoxy) is 1. The van der Waals surface area contributed by atoms with Crippen LogP contribution in [-0.4, -0.2) is 56.3 Å². The zero-order valence-corrected chi connectivity index (χ0v) is 24.2. The van der Waals surface area contributed by atoms with E-state index in [-0.39, 0.29) is 18.6 Å². The molecule has 2 aromatic carbocycles. The first kappa shape index (κ1) is 26.7. The lowest BCUT2D eigenvalue weighted by Crippen LogP contribution is -2.45.